The van der Waals surface area contributed by atoms with Gasteiger partial charge in [-0.15, -0.1) is 0 Å². The van der Waals surface area contributed by atoms with Crippen molar-refractivity contribution in [2.24, 2.45) is 0 Å². The third-order valence-corrected chi connectivity index (χ3v) is 2.65. The van der Waals surface area contributed by atoms with Gasteiger partial charge in [0.1, 0.15) is 17.2 Å². The summed E-state index contributed by atoms with van der Waals surface area (Å²) >= 11 is 11.8. The fourth-order valence-electron chi connectivity index (χ4n) is 1.49. The Labute approximate surface area is 115 Å². The Hall–Kier alpha value is -1.58. The molecule has 0 amide bonds. The topological polar surface area (TPSA) is 44.5 Å². The van der Waals surface area contributed by atoms with Crippen LogP contribution < -0.4 is 15.2 Å². The summed E-state index contributed by atoms with van der Waals surface area (Å²) in [4.78, 5) is 0. The molecule has 0 bridgehead atoms. The second-order valence-electron chi connectivity index (χ2n) is 3.65. The molecule has 0 aliphatic heterocycles. The molecule has 0 aromatic heterocycles. The van der Waals surface area contributed by atoms with E-state index in [4.69, 9.17) is 38.4 Å². The number of benzene rings is 2. The van der Waals surface area contributed by atoms with Crippen molar-refractivity contribution in [3.8, 4) is 17.2 Å². The first-order chi connectivity index (χ1) is 8.56. The Balaban J connectivity index is 2.30. The molecule has 94 valence electrons. The van der Waals surface area contributed by atoms with Gasteiger partial charge in [-0.05, 0) is 18.2 Å². The van der Waals surface area contributed by atoms with Gasteiger partial charge in [0.2, 0.25) is 0 Å². The smallest absolute Gasteiger partial charge is 0.133 e. The third-order valence-electron chi connectivity index (χ3n) is 2.21. The van der Waals surface area contributed by atoms with Crippen LogP contribution in [0.15, 0.2) is 36.4 Å². The van der Waals surface area contributed by atoms with Gasteiger partial charge in [0.25, 0.3) is 0 Å². The lowest BCUT2D eigenvalue weighted by Crippen LogP contribution is -1.91. The molecule has 0 unspecified atom stereocenters. The number of rotatable bonds is 3. The van der Waals surface area contributed by atoms with Crippen LogP contribution in [-0.4, -0.2) is 7.11 Å². The van der Waals surface area contributed by atoms with E-state index in [-0.39, 0.29) is 0 Å². The Bertz CT molecular complexity index is 553. The van der Waals surface area contributed by atoms with Gasteiger partial charge in [-0.25, -0.2) is 0 Å². The maximum absolute atomic E-state index is 5.89. The third kappa shape index (κ3) is 3.22. The average molecular weight is 284 g/mol. The van der Waals surface area contributed by atoms with Crippen molar-refractivity contribution in [3.05, 3.63) is 46.4 Å². The molecule has 0 radical (unpaired) electrons. The number of methoxy groups -OCH3 is 1. The van der Waals surface area contributed by atoms with Gasteiger partial charge >= 0.3 is 0 Å². The molecule has 2 N–H and O–H groups in total. The molecule has 0 saturated carbocycles. The molecule has 0 fully saturated rings. The molecule has 0 heterocycles. The minimum Gasteiger partial charge on any atom is -0.497 e. The minimum absolute atomic E-state index is 0.508. The molecule has 2 aromatic carbocycles. The zero-order valence-corrected chi connectivity index (χ0v) is 11.1. The van der Waals surface area contributed by atoms with E-state index < -0.39 is 0 Å². The average Bonchev–Trinajstić information content (AvgIpc) is 2.26. The van der Waals surface area contributed by atoms with Crippen LogP contribution >= 0.6 is 23.2 Å². The van der Waals surface area contributed by atoms with E-state index in [2.05, 4.69) is 0 Å². The van der Waals surface area contributed by atoms with Crippen LogP contribution in [0.1, 0.15) is 0 Å². The van der Waals surface area contributed by atoms with Crippen LogP contribution in [0.5, 0.6) is 17.2 Å². The molecule has 2 rings (SSSR count). The Morgan fingerprint density at radius 2 is 1.39 bits per heavy atom. The van der Waals surface area contributed by atoms with Crippen LogP contribution in [0.3, 0.4) is 0 Å². The van der Waals surface area contributed by atoms with Crippen LogP contribution in [0, 0.1) is 0 Å². The predicted molar refractivity (Wildman–Crippen MR) is 73.9 cm³/mol. The van der Waals surface area contributed by atoms with Crippen molar-refractivity contribution in [2.75, 3.05) is 12.8 Å². The quantitative estimate of drug-likeness (QED) is 0.851. The predicted octanol–water partition coefficient (Wildman–Crippen LogP) is 4.38. The molecule has 3 nitrogen and oxygen atoms in total. The van der Waals surface area contributed by atoms with Crippen molar-refractivity contribution in [3.63, 3.8) is 0 Å². The number of nitrogen functional groups attached to an aromatic ring is 1. The standard InChI is InChI=1S/C13H11Cl2NO2/c1-17-11-5-10(16)6-13(7-11)18-12-3-8(14)2-9(15)4-12/h2-7H,16H2,1H3. The van der Waals surface area contributed by atoms with E-state index in [0.29, 0.717) is 33.0 Å². The summed E-state index contributed by atoms with van der Waals surface area (Å²) in [7, 11) is 1.56. The molecule has 5 heteroatoms. The number of ether oxygens (including phenoxy) is 2. The lowest BCUT2D eigenvalue weighted by atomic mass is 10.3. The van der Waals surface area contributed by atoms with E-state index in [9.17, 15) is 0 Å². The Kier molecular flexibility index (Phi) is 3.84. The largest absolute Gasteiger partial charge is 0.497 e. The molecule has 0 aliphatic carbocycles. The monoisotopic (exact) mass is 283 g/mol. The highest BCUT2D eigenvalue weighted by Crippen LogP contribution is 2.31. The maximum atomic E-state index is 5.89. The summed E-state index contributed by atoms with van der Waals surface area (Å²) in [5, 5.41) is 1.02. The molecule has 0 atom stereocenters. The van der Waals surface area contributed by atoms with Gasteiger partial charge in [0.05, 0.1) is 7.11 Å². The van der Waals surface area contributed by atoms with E-state index in [1.165, 1.54) is 0 Å². The fourth-order valence-corrected chi connectivity index (χ4v) is 2.00. The summed E-state index contributed by atoms with van der Waals surface area (Å²) in [6, 6.07) is 10.1. The second kappa shape index (κ2) is 5.38. The van der Waals surface area contributed by atoms with Crippen molar-refractivity contribution >= 4 is 28.9 Å². The Morgan fingerprint density at radius 1 is 0.833 bits per heavy atom. The summed E-state index contributed by atoms with van der Waals surface area (Å²) in [5.41, 5.74) is 6.29. The highest BCUT2D eigenvalue weighted by atomic mass is 35.5. The van der Waals surface area contributed by atoms with Gasteiger partial charge in [-0.1, -0.05) is 23.2 Å². The first-order valence-electron chi connectivity index (χ1n) is 5.15. The molecule has 0 saturated heterocycles. The maximum Gasteiger partial charge on any atom is 0.133 e. The van der Waals surface area contributed by atoms with Crippen LogP contribution in [0.25, 0.3) is 0 Å². The van der Waals surface area contributed by atoms with Crippen molar-refractivity contribution in [1.82, 2.24) is 0 Å². The summed E-state index contributed by atoms with van der Waals surface area (Å²) in [6.07, 6.45) is 0. The molecule has 0 aliphatic rings. The minimum atomic E-state index is 0.508. The number of hydrogen-bond donors (Lipinski definition) is 1. The highest BCUT2D eigenvalue weighted by molar-refractivity contribution is 6.34. The van der Waals surface area contributed by atoms with Crippen molar-refractivity contribution < 1.29 is 9.47 Å². The van der Waals surface area contributed by atoms with E-state index in [1.807, 2.05) is 0 Å². The van der Waals surface area contributed by atoms with Gasteiger partial charge < -0.3 is 15.2 Å². The van der Waals surface area contributed by atoms with Crippen molar-refractivity contribution in [1.29, 1.82) is 0 Å². The number of hydrogen-bond acceptors (Lipinski definition) is 3. The summed E-state index contributed by atoms with van der Waals surface area (Å²) in [6.45, 7) is 0. The molecule has 18 heavy (non-hydrogen) atoms. The van der Waals surface area contributed by atoms with Crippen LogP contribution in [0.4, 0.5) is 5.69 Å². The van der Waals surface area contributed by atoms with Crippen LogP contribution in [-0.2, 0) is 0 Å². The van der Waals surface area contributed by atoms with Gasteiger partial charge in [0.15, 0.2) is 0 Å². The SMILES string of the molecule is COc1cc(N)cc(Oc2cc(Cl)cc(Cl)c2)c1. The number of halogens is 2. The molecule has 0 spiro atoms. The van der Waals surface area contributed by atoms with Gasteiger partial charge in [0, 0.05) is 33.9 Å². The summed E-state index contributed by atoms with van der Waals surface area (Å²) in [5.74, 6) is 1.73. The van der Waals surface area contributed by atoms with Gasteiger partial charge in [-0.2, -0.15) is 0 Å². The zero-order chi connectivity index (χ0) is 13.1. The number of nitrogens with two attached hydrogens (primary N) is 1. The molecule has 2 aromatic rings. The first-order valence-corrected chi connectivity index (χ1v) is 5.91. The summed E-state index contributed by atoms with van der Waals surface area (Å²) < 4.78 is 10.7. The normalized spacial score (nSPS) is 10.2. The number of anilines is 1. The molecular formula is C13H11Cl2NO2. The zero-order valence-electron chi connectivity index (χ0n) is 9.61. The second-order valence-corrected chi connectivity index (χ2v) is 4.52. The van der Waals surface area contributed by atoms with E-state index in [0.717, 1.165) is 0 Å². The van der Waals surface area contributed by atoms with Gasteiger partial charge in [-0.3, -0.25) is 0 Å². The lowest BCUT2D eigenvalue weighted by Gasteiger charge is -2.09. The molecular weight excluding hydrogens is 273 g/mol. The van der Waals surface area contributed by atoms with E-state index in [1.54, 1.807) is 43.5 Å². The first kappa shape index (κ1) is 12.9. The van der Waals surface area contributed by atoms with E-state index >= 15 is 0 Å². The van der Waals surface area contributed by atoms with Crippen molar-refractivity contribution in [2.45, 2.75) is 0 Å². The fraction of sp³-hybridized carbons (Fsp3) is 0.0769. The Morgan fingerprint density at radius 3 is 2.00 bits per heavy atom. The van der Waals surface area contributed by atoms with Crippen LogP contribution in [0.2, 0.25) is 10.0 Å². The highest BCUT2D eigenvalue weighted by Gasteiger charge is 2.04. The lowest BCUT2D eigenvalue weighted by molar-refractivity contribution is 0.409.